The molecule has 1 saturated carbocycles. The Morgan fingerprint density at radius 3 is 2.66 bits per heavy atom. The summed E-state index contributed by atoms with van der Waals surface area (Å²) in [6.45, 7) is 5.88. The number of hydrogen-bond acceptors (Lipinski definition) is 6. The second kappa shape index (κ2) is 10.0. The summed E-state index contributed by atoms with van der Waals surface area (Å²) in [5.74, 6) is 2.85. The standard InChI is InChI=1S/C23H33N3O2S/c1-28-17-20(27)16-19-4-2-18(3-5-19)7-10-25-11-13-26(14-12-25)23-21-8-15-29-22(21)6-9-24-23/h6,8-9,15,18-19H,2-5,7,10-14,16-17H2,1H3. The molecule has 0 spiro atoms. The Morgan fingerprint density at radius 2 is 1.90 bits per heavy atom. The molecule has 1 saturated heterocycles. The van der Waals surface area contributed by atoms with Gasteiger partial charge < -0.3 is 9.64 Å². The molecule has 1 aliphatic carbocycles. The van der Waals surface area contributed by atoms with Crippen molar-refractivity contribution in [1.82, 2.24) is 9.88 Å². The molecule has 2 aromatic heterocycles. The topological polar surface area (TPSA) is 45.7 Å². The van der Waals surface area contributed by atoms with E-state index in [1.54, 1.807) is 18.4 Å². The largest absolute Gasteiger partial charge is 0.377 e. The highest BCUT2D eigenvalue weighted by atomic mass is 32.1. The van der Waals surface area contributed by atoms with Crippen LogP contribution in [0.4, 0.5) is 5.82 Å². The van der Waals surface area contributed by atoms with E-state index in [1.165, 1.54) is 48.7 Å². The number of rotatable bonds is 8. The number of piperazine rings is 1. The average molecular weight is 416 g/mol. The number of methoxy groups -OCH3 is 1. The summed E-state index contributed by atoms with van der Waals surface area (Å²) in [4.78, 5) is 21.5. The zero-order valence-corrected chi connectivity index (χ0v) is 18.3. The lowest BCUT2D eigenvalue weighted by atomic mass is 9.78. The van der Waals surface area contributed by atoms with E-state index in [1.807, 2.05) is 6.20 Å². The SMILES string of the molecule is COCC(=O)CC1CCC(CCN2CCN(c3nccc4sccc34)CC2)CC1. The number of thiophene rings is 1. The number of Topliss-reactive ketones (excluding diaryl/α,β-unsaturated/α-hetero) is 1. The summed E-state index contributed by atoms with van der Waals surface area (Å²) in [5.41, 5.74) is 0. The first-order valence-electron chi connectivity index (χ1n) is 11.0. The maximum absolute atomic E-state index is 11.8. The second-order valence-corrected chi connectivity index (χ2v) is 9.59. The van der Waals surface area contributed by atoms with Gasteiger partial charge in [0, 0.05) is 56.0 Å². The van der Waals surface area contributed by atoms with Crippen molar-refractivity contribution in [2.24, 2.45) is 11.8 Å². The van der Waals surface area contributed by atoms with Gasteiger partial charge >= 0.3 is 0 Å². The minimum absolute atomic E-state index is 0.265. The number of pyridine rings is 1. The number of fused-ring (bicyclic) bond motifs is 1. The van der Waals surface area contributed by atoms with Crippen molar-refractivity contribution < 1.29 is 9.53 Å². The van der Waals surface area contributed by atoms with Crippen molar-refractivity contribution in [2.45, 2.75) is 38.5 Å². The lowest BCUT2D eigenvalue weighted by Gasteiger charge is -2.37. The molecule has 29 heavy (non-hydrogen) atoms. The molecule has 2 fully saturated rings. The Labute approximate surface area is 178 Å². The molecule has 5 nitrogen and oxygen atoms in total. The maximum atomic E-state index is 11.8. The van der Waals surface area contributed by atoms with Crippen molar-refractivity contribution in [3.05, 3.63) is 23.7 Å². The molecular weight excluding hydrogens is 382 g/mol. The van der Waals surface area contributed by atoms with Crippen molar-refractivity contribution in [3.8, 4) is 0 Å². The molecule has 1 aliphatic heterocycles. The van der Waals surface area contributed by atoms with Gasteiger partial charge in [0.25, 0.3) is 0 Å². The first kappa shape index (κ1) is 20.8. The highest BCUT2D eigenvalue weighted by molar-refractivity contribution is 7.17. The summed E-state index contributed by atoms with van der Waals surface area (Å²) in [7, 11) is 1.60. The highest BCUT2D eigenvalue weighted by Crippen LogP contribution is 2.33. The summed E-state index contributed by atoms with van der Waals surface area (Å²) >= 11 is 1.79. The van der Waals surface area contributed by atoms with E-state index in [0.29, 0.717) is 12.3 Å². The van der Waals surface area contributed by atoms with Gasteiger partial charge in [-0.3, -0.25) is 9.69 Å². The summed E-state index contributed by atoms with van der Waals surface area (Å²) in [5, 5.41) is 3.46. The molecule has 2 aliphatic rings. The number of carbonyl (C=O) groups is 1. The van der Waals surface area contributed by atoms with Gasteiger partial charge in [0.1, 0.15) is 12.4 Å². The monoisotopic (exact) mass is 415 g/mol. The zero-order chi connectivity index (χ0) is 20.1. The van der Waals surface area contributed by atoms with Crippen LogP contribution in [0.1, 0.15) is 38.5 Å². The zero-order valence-electron chi connectivity index (χ0n) is 17.5. The van der Waals surface area contributed by atoms with E-state index in [9.17, 15) is 4.79 Å². The lowest BCUT2D eigenvalue weighted by molar-refractivity contribution is -0.123. The molecule has 6 heteroatoms. The third-order valence-corrected chi connectivity index (χ3v) is 7.55. The van der Waals surface area contributed by atoms with Crippen LogP contribution < -0.4 is 4.90 Å². The van der Waals surface area contributed by atoms with Crippen LogP contribution >= 0.6 is 11.3 Å². The first-order valence-corrected chi connectivity index (χ1v) is 11.9. The third kappa shape index (κ3) is 5.36. The predicted octanol–water partition coefficient (Wildman–Crippen LogP) is 4.22. The highest BCUT2D eigenvalue weighted by Gasteiger charge is 2.25. The third-order valence-electron chi connectivity index (χ3n) is 6.67. The smallest absolute Gasteiger partial charge is 0.158 e. The molecule has 0 N–H and O–H groups in total. The fourth-order valence-electron chi connectivity index (χ4n) is 4.95. The van der Waals surface area contributed by atoms with Crippen LogP contribution in [-0.2, 0) is 9.53 Å². The van der Waals surface area contributed by atoms with Crippen molar-refractivity contribution in [1.29, 1.82) is 0 Å². The van der Waals surface area contributed by atoms with E-state index >= 15 is 0 Å². The molecule has 0 bridgehead atoms. The number of carbonyl (C=O) groups excluding carboxylic acids is 1. The van der Waals surface area contributed by atoms with Gasteiger partial charge in [0.2, 0.25) is 0 Å². The van der Waals surface area contributed by atoms with E-state index < -0.39 is 0 Å². The van der Waals surface area contributed by atoms with Gasteiger partial charge in [0.05, 0.1) is 0 Å². The summed E-state index contributed by atoms with van der Waals surface area (Å²) < 4.78 is 6.29. The molecule has 158 valence electrons. The fourth-order valence-corrected chi connectivity index (χ4v) is 5.72. The van der Waals surface area contributed by atoms with E-state index in [0.717, 1.165) is 37.9 Å². The average Bonchev–Trinajstić information content (AvgIpc) is 3.23. The number of aromatic nitrogens is 1. The fraction of sp³-hybridized carbons (Fsp3) is 0.652. The summed E-state index contributed by atoms with van der Waals surface area (Å²) in [6, 6.07) is 4.32. The predicted molar refractivity (Wildman–Crippen MR) is 120 cm³/mol. The second-order valence-electron chi connectivity index (χ2n) is 8.65. The minimum atomic E-state index is 0.265. The molecule has 0 atom stereocenters. The quantitative estimate of drug-likeness (QED) is 0.646. The van der Waals surface area contributed by atoms with Crippen LogP contribution in [0.5, 0.6) is 0 Å². The lowest BCUT2D eigenvalue weighted by Crippen LogP contribution is -2.47. The Balaban J connectivity index is 1.17. The molecule has 2 aromatic rings. The van der Waals surface area contributed by atoms with E-state index in [-0.39, 0.29) is 12.4 Å². The normalized spacial score (nSPS) is 23.6. The van der Waals surface area contributed by atoms with Gasteiger partial charge in [-0.1, -0.05) is 12.8 Å². The molecule has 3 heterocycles. The molecule has 0 aromatic carbocycles. The van der Waals surface area contributed by atoms with Crippen molar-refractivity contribution >= 4 is 33.0 Å². The summed E-state index contributed by atoms with van der Waals surface area (Å²) in [6.07, 6.45) is 8.96. The van der Waals surface area contributed by atoms with Crippen molar-refractivity contribution in [3.63, 3.8) is 0 Å². The molecule has 0 amide bonds. The Morgan fingerprint density at radius 1 is 1.14 bits per heavy atom. The molecule has 4 rings (SSSR count). The molecular formula is C23H33N3O2S. The van der Waals surface area contributed by atoms with E-state index in [4.69, 9.17) is 4.74 Å². The molecule has 0 radical (unpaired) electrons. The Kier molecular flexibility index (Phi) is 7.16. The van der Waals surface area contributed by atoms with Crippen LogP contribution in [0.3, 0.4) is 0 Å². The van der Waals surface area contributed by atoms with Gasteiger partial charge in [-0.25, -0.2) is 4.98 Å². The minimum Gasteiger partial charge on any atom is -0.377 e. The van der Waals surface area contributed by atoms with Crippen molar-refractivity contribution in [2.75, 3.05) is 51.3 Å². The van der Waals surface area contributed by atoms with Gasteiger partial charge in [-0.15, -0.1) is 11.3 Å². The van der Waals surface area contributed by atoms with Gasteiger partial charge in [0.15, 0.2) is 5.78 Å². The van der Waals surface area contributed by atoms with Crippen LogP contribution in [-0.4, -0.2) is 62.1 Å². The Bertz CT molecular complexity index is 792. The van der Waals surface area contributed by atoms with Gasteiger partial charge in [-0.05, 0) is 55.2 Å². The maximum Gasteiger partial charge on any atom is 0.158 e. The first-order chi connectivity index (χ1) is 14.2. The number of hydrogen-bond donors (Lipinski definition) is 0. The Hall–Kier alpha value is -1.50. The number of ether oxygens (including phenoxy) is 1. The molecule has 0 unspecified atom stereocenters. The number of anilines is 1. The van der Waals surface area contributed by atoms with Crippen LogP contribution in [0.25, 0.3) is 10.1 Å². The number of ketones is 1. The van der Waals surface area contributed by atoms with Crippen LogP contribution in [0.15, 0.2) is 23.7 Å². The van der Waals surface area contributed by atoms with Crippen LogP contribution in [0.2, 0.25) is 0 Å². The van der Waals surface area contributed by atoms with Crippen LogP contribution in [0, 0.1) is 11.8 Å². The number of nitrogens with zero attached hydrogens (tertiary/aromatic N) is 3. The van der Waals surface area contributed by atoms with E-state index in [2.05, 4.69) is 32.3 Å². The van der Waals surface area contributed by atoms with Gasteiger partial charge in [-0.2, -0.15) is 0 Å².